The molecule has 2 amide bonds. The average Bonchev–Trinajstić information content (AvgIpc) is 3.09. The Labute approximate surface area is 114 Å². The van der Waals surface area contributed by atoms with Crippen molar-refractivity contribution in [3.05, 3.63) is 0 Å². The van der Waals surface area contributed by atoms with Crippen LogP contribution in [0.5, 0.6) is 0 Å². The second-order valence-electron chi connectivity index (χ2n) is 6.82. The number of hydrogen-bond donors (Lipinski definition) is 2. The number of carboxylic acid groups (broad SMARTS) is 1. The van der Waals surface area contributed by atoms with Gasteiger partial charge in [0.15, 0.2) is 0 Å². The highest BCUT2D eigenvalue weighted by Crippen LogP contribution is 2.38. The summed E-state index contributed by atoms with van der Waals surface area (Å²) in [7, 11) is 1.77. The van der Waals surface area contributed by atoms with Gasteiger partial charge in [0.25, 0.3) is 0 Å². The number of nitrogens with one attached hydrogen (secondary N) is 1. The van der Waals surface area contributed by atoms with E-state index in [1.807, 2.05) is 0 Å². The zero-order valence-electron chi connectivity index (χ0n) is 12.0. The van der Waals surface area contributed by atoms with Gasteiger partial charge in [-0.3, -0.25) is 0 Å². The highest BCUT2D eigenvalue weighted by Gasteiger charge is 2.52. The van der Waals surface area contributed by atoms with Crippen LogP contribution in [-0.2, 0) is 4.79 Å². The summed E-state index contributed by atoms with van der Waals surface area (Å²) in [6.45, 7) is 4.51. The van der Waals surface area contributed by atoms with E-state index in [0.29, 0.717) is 18.3 Å². The van der Waals surface area contributed by atoms with Gasteiger partial charge in [-0.2, -0.15) is 0 Å². The number of rotatable bonds is 3. The quantitative estimate of drug-likeness (QED) is 0.824. The SMILES string of the molecule is CN(C(=O)NC1(C(=O)O)CC1)C1CCC(C)(C)CC1. The molecule has 2 aliphatic rings. The number of carboxylic acids is 1. The van der Waals surface area contributed by atoms with Crippen molar-refractivity contribution < 1.29 is 14.7 Å². The first-order valence-electron chi connectivity index (χ1n) is 7.04. The highest BCUT2D eigenvalue weighted by atomic mass is 16.4. The van der Waals surface area contributed by atoms with E-state index in [0.717, 1.165) is 25.7 Å². The van der Waals surface area contributed by atoms with Gasteiger partial charge in [0, 0.05) is 13.1 Å². The van der Waals surface area contributed by atoms with Crippen molar-refractivity contribution in [3.63, 3.8) is 0 Å². The second kappa shape index (κ2) is 4.69. The zero-order chi connectivity index (χ0) is 14.3. The summed E-state index contributed by atoms with van der Waals surface area (Å²) in [4.78, 5) is 24.9. The molecule has 0 radical (unpaired) electrons. The van der Waals surface area contributed by atoms with Gasteiger partial charge in [0.2, 0.25) is 0 Å². The molecule has 0 unspecified atom stereocenters. The van der Waals surface area contributed by atoms with Crippen LogP contribution in [0.15, 0.2) is 0 Å². The number of aliphatic carboxylic acids is 1. The van der Waals surface area contributed by atoms with Crippen molar-refractivity contribution in [3.8, 4) is 0 Å². The number of hydrogen-bond acceptors (Lipinski definition) is 2. The third-order valence-electron chi connectivity index (χ3n) is 4.68. The maximum atomic E-state index is 12.1. The largest absolute Gasteiger partial charge is 0.480 e. The second-order valence-corrected chi connectivity index (χ2v) is 6.82. The van der Waals surface area contributed by atoms with Gasteiger partial charge in [0.05, 0.1) is 0 Å². The minimum Gasteiger partial charge on any atom is -0.480 e. The zero-order valence-corrected chi connectivity index (χ0v) is 12.0. The first kappa shape index (κ1) is 14.2. The van der Waals surface area contributed by atoms with Gasteiger partial charge in [-0.25, -0.2) is 9.59 Å². The fourth-order valence-electron chi connectivity index (χ4n) is 2.75. The van der Waals surface area contributed by atoms with Crippen LogP contribution in [0.4, 0.5) is 4.79 Å². The molecular formula is C14H24N2O3. The van der Waals surface area contributed by atoms with E-state index in [1.165, 1.54) is 0 Å². The predicted molar refractivity (Wildman–Crippen MR) is 71.9 cm³/mol. The molecule has 0 atom stereocenters. The van der Waals surface area contributed by atoms with Crippen LogP contribution >= 0.6 is 0 Å². The summed E-state index contributed by atoms with van der Waals surface area (Å²) >= 11 is 0. The van der Waals surface area contributed by atoms with Gasteiger partial charge < -0.3 is 15.3 Å². The lowest BCUT2D eigenvalue weighted by Crippen LogP contribution is -2.52. The average molecular weight is 268 g/mol. The minimum absolute atomic E-state index is 0.234. The summed E-state index contributed by atoms with van der Waals surface area (Å²) in [5, 5.41) is 11.8. The lowest BCUT2D eigenvalue weighted by atomic mass is 9.75. The molecule has 0 aromatic rings. The smallest absolute Gasteiger partial charge is 0.329 e. The first-order valence-corrected chi connectivity index (χ1v) is 7.04. The summed E-state index contributed by atoms with van der Waals surface area (Å²) in [6, 6.07) is -0.0118. The molecular weight excluding hydrogens is 244 g/mol. The van der Waals surface area contributed by atoms with Crippen molar-refractivity contribution in [1.29, 1.82) is 0 Å². The van der Waals surface area contributed by atoms with Gasteiger partial charge in [-0.1, -0.05) is 13.8 Å². The molecule has 2 fully saturated rings. The Morgan fingerprint density at radius 1 is 1.16 bits per heavy atom. The van der Waals surface area contributed by atoms with E-state index in [1.54, 1.807) is 11.9 Å². The molecule has 108 valence electrons. The summed E-state index contributed by atoms with van der Waals surface area (Å²) in [5.74, 6) is -0.918. The monoisotopic (exact) mass is 268 g/mol. The van der Waals surface area contributed by atoms with Crippen LogP contribution in [0.2, 0.25) is 0 Å². The van der Waals surface area contributed by atoms with Crippen LogP contribution in [0.1, 0.15) is 52.4 Å². The van der Waals surface area contributed by atoms with E-state index in [9.17, 15) is 9.59 Å². The Bertz CT molecular complexity index is 378. The number of carbonyl (C=O) groups excluding carboxylic acids is 1. The Morgan fingerprint density at radius 3 is 2.11 bits per heavy atom. The van der Waals surface area contributed by atoms with E-state index in [4.69, 9.17) is 5.11 Å². The Hall–Kier alpha value is -1.26. The van der Waals surface area contributed by atoms with Crippen LogP contribution in [0.3, 0.4) is 0 Å². The molecule has 0 spiro atoms. The lowest BCUT2D eigenvalue weighted by Gasteiger charge is -2.38. The molecule has 2 rings (SSSR count). The number of urea groups is 1. The van der Waals surface area contributed by atoms with Crippen molar-refractivity contribution in [2.24, 2.45) is 5.41 Å². The summed E-state index contributed by atoms with van der Waals surface area (Å²) < 4.78 is 0. The number of carbonyl (C=O) groups is 2. The van der Waals surface area contributed by atoms with Gasteiger partial charge >= 0.3 is 12.0 Å². The van der Waals surface area contributed by atoms with Gasteiger partial charge in [0.1, 0.15) is 5.54 Å². The molecule has 2 saturated carbocycles. The lowest BCUT2D eigenvalue weighted by molar-refractivity contribution is -0.140. The van der Waals surface area contributed by atoms with Crippen molar-refractivity contribution in [1.82, 2.24) is 10.2 Å². The van der Waals surface area contributed by atoms with Gasteiger partial charge in [-0.05, 0) is 43.9 Å². The topological polar surface area (TPSA) is 69.6 Å². The van der Waals surface area contributed by atoms with Crippen LogP contribution < -0.4 is 5.32 Å². The summed E-state index contributed by atoms with van der Waals surface area (Å²) in [6.07, 6.45) is 5.30. The third kappa shape index (κ3) is 3.01. The van der Waals surface area contributed by atoms with Crippen LogP contribution in [0, 0.1) is 5.41 Å². The Morgan fingerprint density at radius 2 is 1.68 bits per heavy atom. The Kier molecular flexibility index (Phi) is 3.49. The van der Waals surface area contributed by atoms with Crippen LogP contribution in [-0.4, -0.2) is 40.6 Å². The van der Waals surface area contributed by atoms with Crippen molar-refractivity contribution >= 4 is 12.0 Å². The first-order chi connectivity index (χ1) is 8.76. The van der Waals surface area contributed by atoms with Crippen molar-refractivity contribution in [2.45, 2.75) is 64.0 Å². The van der Waals surface area contributed by atoms with E-state index in [2.05, 4.69) is 19.2 Å². The molecule has 2 N–H and O–H groups in total. The normalized spacial score (nSPS) is 24.6. The number of amides is 2. The number of nitrogens with zero attached hydrogens (tertiary/aromatic N) is 1. The molecule has 0 aromatic carbocycles. The molecule has 0 bridgehead atoms. The molecule has 0 saturated heterocycles. The molecule has 2 aliphatic carbocycles. The summed E-state index contributed by atoms with van der Waals surface area (Å²) in [5.41, 5.74) is -0.619. The van der Waals surface area contributed by atoms with E-state index in [-0.39, 0.29) is 12.1 Å². The molecule has 0 heterocycles. The van der Waals surface area contributed by atoms with Gasteiger partial charge in [-0.15, -0.1) is 0 Å². The maximum Gasteiger partial charge on any atom is 0.329 e. The van der Waals surface area contributed by atoms with Crippen LogP contribution in [0.25, 0.3) is 0 Å². The van der Waals surface area contributed by atoms with Crippen molar-refractivity contribution in [2.75, 3.05) is 7.05 Å². The maximum absolute atomic E-state index is 12.1. The molecule has 0 aromatic heterocycles. The van der Waals surface area contributed by atoms with E-state index < -0.39 is 11.5 Å². The minimum atomic E-state index is -0.987. The molecule has 0 aliphatic heterocycles. The fourth-order valence-corrected chi connectivity index (χ4v) is 2.75. The predicted octanol–water partition coefficient (Wildman–Crippen LogP) is 2.21. The molecule has 19 heavy (non-hydrogen) atoms. The van der Waals surface area contributed by atoms with E-state index >= 15 is 0 Å². The third-order valence-corrected chi connectivity index (χ3v) is 4.68. The molecule has 5 heteroatoms. The molecule has 5 nitrogen and oxygen atoms in total. The Balaban J connectivity index is 1.88. The highest BCUT2D eigenvalue weighted by molar-refractivity contribution is 5.88. The standard InChI is InChI=1S/C14H24N2O3/c1-13(2)6-4-10(5-7-13)16(3)12(19)15-14(8-9-14)11(17)18/h10H,4-9H2,1-3H3,(H,15,19)(H,17,18). The fraction of sp³-hybridized carbons (Fsp3) is 0.857.